The van der Waals surface area contributed by atoms with Crippen LogP contribution in [-0.2, 0) is 0 Å². The molecule has 1 spiro atoms. The molecule has 6 nitrogen and oxygen atoms in total. The first-order valence-corrected chi connectivity index (χ1v) is 14.9. The SMILES string of the molecule is CC(Oc1cc(-c2cnn(C3CCCC4(CCCCCCC4)CCC3)c2)cnc1N)c1c(O)ccc(F)c1Cl. The van der Waals surface area contributed by atoms with E-state index in [0.717, 1.165) is 30.0 Å². The minimum atomic E-state index is -0.744. The number of phenols is 1. The number of ether oxygens (including phenoxy) is 1. The number of rotatable bonds is 5. The van der Waals surface area contributed by atoms with Crippen molar-refractivity contribution >= 4 is 17.4 Å². The summed E-state index contributed by atoms with van der Waals surface area (Å²) in [5.41, 5.74) is 8.61. The first kappa shape index (κ1) is 27.8. The van der Waals surface area contributed by atoms with Crippen LogP contribution in [-0.4, -0.2) is 19.9 Å². The number of halogens is 2. The van der Waals surface area contributed by atoms with Gasteiger partial charge in [0.05, 0.1) is 22.8 Å². The summed E-state index contributed by atoms with van der Waals surface area (Å²) >= 11 is 6.11. The maximum atomic E-state index is 14.0. The van der Waals surface area contributed by atoms with Crippen LogP contribution in [0.5, 0.6) is 11.5 Å². The second-order valence-corrected chi connectivity index (χ2v) is 12.0. The van der Waals surface area contributed by atoms with Crippen molar-refractivity contribution in [2.45, 2.75) is 103 Å². The van der Waals surface area contributed by atoms with Gasteiger partial charge in [0.25, 0.3) is 0 Å². The molecule has 0 amide bonds. The zero-order valence-electron chi connectivity index (χ0n) is 22.8. The quantitative estimate of drug-likeness (QED) is 0.329. The molecule has 2 aromatic heterocycles. The topological polar surface area (TPSA) is 86.2 Å². The van der Waals surface area contributed by atoms with E-state index in [1.165, 1.54) is 76.7 Å². The molecule has 8 heteroatoms. The normalized spacial score (nSPS) is 19.6. The summed E-state index contributed by atoms with van der Waals surface area (Å²) in [7, 11) is 0. The number of hydrogen-bond acceptors (Lipinski definition) is 5. The van der Waals surface area contributed by atoms with Crippen LogP contribution in [0, 0.1) is 11.2 Å². The van der Waals surface area contributed by atoms with E-state index >= 15 is 0 Å². The van der Waals surface area contributed by atoms with Crippen LogP contribution in [0.2, 0.25) is 5.02 Å². The highest BCUT2D eigenvalue weighted by Crippen LogP contribution is 2.46. The van der Waals surface area contributed by atoms with Crippen LogP contribution in [0.15, 0.2) is 36.8 Å². The monoisotopic (exact) mass is 554 g/mol. The van der Waals surface area contributed by atoms with Gasteiger partial charge in [-0.15, -0.1) is 0 Å². The largest absolute Gasteiger partial charge is 0.507 e. The van der Waals surface area contributed by atoms with E-state index in [1.54, 1.807) is 19.2 Å². The fourth-order valence-electron chi connectivity index (χ4n) is 6.70. The summed E-state index contributed by atoms with van der Waals surface area (Å²) in [5, 5.41) is 14.8. The molecule has 1 atom stereocenters. The van der Waals surface area contributed by atoms with Crippen molar-refractivity contribution in [2.24, 2.45) is 5.41 Å². The highest BCUT2D eigenvalue weighted by atomic mass is 35.5. The van der Waals surface area contributed by atoms with E-state index in [-0.39, 0.29) is 22.2 Å². The van der Waals surface area contributed by atoms with Crippen molar-refractivity contribution in [2.75, 3.05) is 5.73 Å². The number of nitrogens with two attached hydrogens (primary N) is 1. The number of aromatic nitrogens is 3. The van der Waals surface area contributed by atoms with Gasteiger partial charge >= 0.3 is 0 Å². The molecule has 0 bridgehead atoms. The fraction of sp³-hybridized carbons (Fsp3) is 0.548. The van der Waals surface area contributed by atoms with Gasteiger partial charge in [0.15, 0.2) is 11.6 Å². The summed E-state index contributed by atoms with van der Waals surface area (Å²) in [6, 6.07) is 4.59. The average molecular weight is 555 g/mol. The molecule has 2 fully saturated rings. The summed E-state index contributed by atoms with van der Waals surface area (Å²) < 4.78 is 22.1. The molecule has 2 aliphatic rings. The van der Waals surface area contributed by atoms with Crippen LogP contribution in [0.4, 0.5) is 10.2 Å². The molecule has 210 valence electrons. The van der Waals surface area contributed by atoms with E-state index in [4.69, 9.17) is 27.2 Å². The lowest BCUT2D eigenvalue weighted by Crippen LogP contribution is -2.25. The predicted molar refractivity (Wildman–Crippen MR) is 153 cm³/mol. The van der Waals surface area contributed by atoms with Crippen LogP contribution < -0.4 is 10.5 Å². The maximum Gasteiger partial charge on any atom is 0.166 e. The van der Waals surface area contributed by atoms with Gasteiger partial charge in [-0.05, 0) is 69.1 Å². The van der Waals surface area contributed by atoms with Crippen LogP contribution in [0.1, 0.15) is 108 Å². The highest BCUT2D eigenvalue weighted by Gasteiger charge is 2.32. The number of nitrogen functional groups attached to an aromatic ring is 1. The van der Waals surface area contributed by atoms with E-state index in [1.807, 2.05) is 6.20 Å². The van der Waals surface area contributed by atoms with Crippen molar-refractivity contribution in [3.05, 3.63) is 53.2 Å². The van der Waals surface area contributed by atoms with E-state index in [2.05, 4.69) is 15.9 Å². The maximum absolute atomic E-state index is 14.0. The van der Waals surface area contributed by atoms with Gasteiger partial charge in [-0.3, -0.25) is 4.68 Å². The number of hydrogen-bond donors (Lipinski definition) is 2. The van der Waals surface area contributed by atoms with Crippen LogP contribution in [0.3, 0.4) is 0 Å². The third kappa shape index (κ3) is 6.34. The Labute approximate surface area is 235 Å². The highest BCUT2D eigenvalue weighted by molar-refractivity contribution is 6.31. The summed E-state index contributed by atoms with van der Waals surface area (Å²) in [4.78, 5) is 4.32. The Morgan fingerprint density at radius 2 is 1.69 bits per heavy atom. The molecular formula is C31H40ClFN4O2. The molecule has 2 heterocycles. The van der Waals surface area contributed by atoms with E-state index in [0.29, 0.717) is 17.2 Å². The van der Waals surface area contributed by atoms with E-state index < -0.39 is 11.9 Å². The Morgan fingerprint density at radius 3 is 2.41 bits per heavy atom. The Kier molecular flexibility index (Phi) is 8.65. The van der Waals surface area contributed by atoms with Gasteiger partial charge in [0, 0.05) is 23.5 Å². The van der Waals surface area contributed by atoms with Crippen molar-refractivity contribution in [1.82, 2.24) is 14.8 Å². The zero-order valence-corrected chi connectivity index (χ0v) is 23.6. The lowest BCUT2D eigenvalue weighted by molar-refractivity contribution is 0.142. The summed E-state index contributed by atoms with van der Waals surface area (Å²) in [5.74, 6) is -0.227. The number of nitrogens with zero attached hydrogens (tertiary/aromatic N) is 3. The average Bonchev–Trinajstić information content (AvgIpc) is 3.37. The molecule has 1 unspecified atom stereocenters. The van der Waals surface area contributed by atoms with Gasteiger partial charge < -0.3 is 15.6 Å². The fourth-order valence-corrected chi connectivity index (χ4v) is 7.01. The van der Waals surface area contributed by atoms with Crippen LogP contribution >= 0.6 is 11.6 Å². The molecule has 0 saturated heterocycles. The first-order chi connectivity index (χ1) is 18.8. The van der Waals surface area contributed by atoms with Gasteiger partial charge in [0.2, 0.25) is 0 Å². The molecule has 5 rings (SSSR count). The smallest absolute Gasteiger partial charge is 0.166 e. The number of anilines is 1. The van der Waals surface area contributed by atoms with Crippen molar-refractivity contribution in [1.29, 1.82) is 0 Å². The van der Waals surface area contributed by atoms with Gasteiger partial charge in [-0.2, -0.15) is 5.10 Å². The number of benzene rings is 1. The summed E-state index contributed by atoms with van der Waals surface area (Å²) in [6.07, 6.45) is 22.3. The van der Waals surface area contributed by atoms with Crippen molar-refractivity contribution in [3.8, 4) is 22.6 Å². The third-order valence-electron chi connectivity index (χ3n) is 8.91. The summed E-state index contributed by atoms with van der Waals surface area (Å²) in [6.45, 7) is 1.68. The molecule has 1 aromatic carbocycles. The van der Waals surface area contributed by atoms with Gasteiger partial charge in [-0.25, -0.2) is 9.37 Å². The number of phenolic OH excluding ortho intramolecular Hbond substituents is 1. The molecule has 2 aliphatic carbocycles. The van der Waals surface area contributed by atoms with Gasteiger partial charge in [0.1, 0.15) is 17.7 Å². The molecule has 2 saturated carbocycles. The van der Waals surface area contributed by atoms with E-state index in [9.17, 15) is 9.50 Å². The minimum absolute atomic E-state index is 0.141. The second kappa shape index (κ2) is 12.2. The predicted octanol–water partition coefficient (Wildman–Crippen LogP) is 8.79. The third-order valence-corrected chi connectivity index (χ3v) is 9.30. The molecular weight excluding hydrogens is 515 g/mol. The number of aromatic hydroxyl groups is 1. The number of pyridine rings is 1. The standard InChI is InChI=1S/C31H40ClFN4O2/c1-21(28-26(38)12-11-25(33)29(28)32)39-27-17-22(18-35-30(27)34)23-19-36-37(20-23)24-9-7-15-31(16-8-10-24)13-5-3-2-4-6-14-31/h11-12,17-21,24,38H,2-10,13-16H2,1H3,(H2,34,35). The Bertz CT molecular complexity index is 1260. The van der Waals surface area contributed by atoms with Crippen LogP contribution in [0.25, 0.3) is 11.1 Å². The zero-order chi connectivity index (χ0) is 27.4. The minimum Gasteiger partial charge on any atom is -0.507 e. The lowest BCUT2D eigenvalue weighted by Gasteiger charge is -2.38. The molecule has 3 N–H and O–H groups in total. The molecule has 0 aliphatic heterocycles. The Balaban J connectivity index is 1.27. The molecule has 39 heavy (non-hydrogen) atoms. The van der Waals surface area contributed by atoms with Crippen molar-refractivity contribution in [3.63, 3.8) is 0 Å². The Hall–Kier alpha value is -2.80. The van der Waals surface area contributed by atoms with Gasteiger partial charge in [-0.1, -0.05) is 56.5 Å². The van der Waals surface area contributed by atoms with Crippen molar-refractivity contribution < 1.29 is 14.2 Å². The second-order valence-electron chi connectivity index (χ2n) is 11.6. The lowest BCUT2D eigenvalue weighted by atomic mass is 9.68. The molecule has 3 aromatic rings. The first-order valence-electron chi connectivity index (χ1n) is 14.5. The molecule has 0 radical (unpaired) electrons. The Morgan fingerprint density at radius 1 is 1.03 bits per heavy atom.